The van der Waals surface area contributed by atoms with Gasteiger partial charge < -0.3 is 5.32 Å². The molecule has 0 radical (unpaired) electrons. The molecular formula is C12H17FN4O. The van der Waals surface area contributed by atoms with Crippen molar-refractivity contribution in [3.05, 3.63) is 29.7 Å². The van der Waals surface area contributed by atoms with Crippen LogP contribution >= 0.6 is 0 Å². The van der Waals surface area contributed by atoms with Crippen LogP contribution in [0.4, 0.5) is 4.39 Å². The number of halogens is 1. The van der Waals surface area contributed by atoms with Crippen molar-refractivity contribution in [1.29, 1.82) is 0 Å². The summed E-state index contributed by atoms with van der Waals surface area (Å²) in [5.74, 6) is -0.286. The quantitative estimate of drug-likeness (QED) is 0.830. The first-order chi connectivity index (χ1) is 8.59. The Morgan fingerprint density at radius 2 is 2.17 bits per heavy atom. The summed E-state index contributed by atoms with van der Waals surface area (Å²) < 4.78 is 15.3. The third-order valence-electron chi connectivity index (χ3n) is 2.28. The second-order valence-electron chi connectivity index (χ2n) is 3.46. The summed E-state index contributed by atoms with van der Waals surface area (Å²) in [6, 6.07) is 0. The van der Waals surface area contributed by atoms with E-state index < -0.39 is 5.95 Å². The van der Waals surface area contributed by atoms with Gasteiger partial charge in [0.2, 0.25) is 11.9 Å². The summed E-state index contributed by atoms with van der Waals surface area (Å²) >= 11 is 0. The molecule has 0 unspecified atom stereocenters. The number of fused-ring (bicyclic) bond motifs is 1. The van der Waals surface area contributed by atoms with E-state index in [0.29, 0.717) is 17.0 Å². The monoisotopic (exact) mass is 252 g/mol. The Morgan fingerprint density at radius 1 is 1.50 bits per heavy atom. The Labute approximate surface area is 105 Å². The second kappa shape index (κ2) is 6.09. The molecule has 0 aliphatic heterocycles. The molecule has 0 fully saturated rings. The van der Waals surface area contributed by atoms with Crippen molar-refractivity contribution in [3.8, 4) is 0 Å². The molecule has 1 amide bonds. The summed E-state index contributed by atoms with van der Waals surface area (Å²) in [7, 11) is 0. The Hall–Kier alpha value is -1.98. The van der Waals surface area contributed by atoms with Gasteiger partial charge in [0.1, 0.15) is 11.5 Å². The highest BCUT2D eigenvalue weighted by Crippen LogP contribution is 2.13. The van der Waals surface area contributed by atoms with Gasteiger partial charge in [-0.05, 0) is 6.92 Å². The van der Waals surface area contributed by atoms with Crippen LogP contribution in [-0.4, -0.2) is 20.3 Å². The number of nitrogens with one attached hydrogen (secondary N) is 1. The Morgan fingerprint density at radius 3 is 2.78 bits per heavy atom. The molecule has 0 atom stereocenters. The highest BCUT2D eigenvalue weighted by atomic mass is 19.1. The molecule has 0 spiro atoms. The number of hydrogen-bond acceptors (Lipinski definition) is 3. The predicted molar refractivity (Wildman–Crippen MR) is 66.6 cm³/mol. The third kappa shape index (κ3) is 2.82. The molecule has 2 heterocycles. The molecule has 2 aromatic heterocycles. The fourth-order valence-electron chi connectivity index (χ4n) is 1.51. The molecule has 0 aliphatic carbocycles. The van der Waals surface area contributed by atoms with Crippen molar-refractivity contribution in [2.75, 3.05) is 0 Å². The zero-order valence-electron chi connectivity index (χ0n) is 11.0. The molecule has 18 heavy (non-hydrogen) atoms. The average molecular weight is 252 g/mol. The van der Waals surface area contributed by atoms with Gasteiger partial charge in [0.15, 0.2) is 0 Å². The molecule has 6 heteroatoms. The van der Waals surface area contributed by atoms with Crippen LogP contribution in [0.3, 0.4) is 0 Å². The lowest BCUT2D eigenvalue weighted by Crippen LogP contribution is -2.21. The van der Waals surface area contributed by atoms with Crippen molar-refractivity contribution in [2.45, 2.75) is 34.2 Å². The summed E-state index contributed by atoms with van der Waals surface area (Å²) in [5.41, 5.74) is 0.782. The first-order valence-electron chi connectivity index (χ1n) is 5.82. The summed E-state index contributed by atoms with van der Waals surface area (Å²) in [5, 5.41) is 2.53. The minimum Gasteiger partial charge on any atom is -0.352 e. The number of imidazole rings is 1. The van der Waals surface area contributed by atoms with Crippen molar-refractivity contribution in [3.63, 3.8) is 0 Å². The molecule has 2 rings (SSSR count). The predicted octanol–water partition coefficient (Wildman–Crippen LogP) is 1.84. The maximum absolute atomic E-state index is 13.6. The van der Waals surface area contributed by atoms with Crippen molar-refractivity contribution in [2.24, 2.45) is 0 Å². The van der Waals surface area contributed by atoms with Gasteiger partial charge in [-0.2, -0.15) is 4.39 Å². The lowest BCUT2D eigenvalue weighted by atomic mass is 10.3. The van der Waals surface area contributed by atoms with Crippen molar-refractivity contribution >= 4 is 11.6 Å². The van der Waals surface area contributed by atoms with Crippen molar-refractivity contribution < 1.29 is 9.18 Å². The van der Waals surface area contributed by atoms with Gasteiger partial charge in [-0.1, -0.05) is 13.8 Å². The lowest BCUT2D eigenvalue weighted by Gasteiger charge is -2.07. The number of aromatic nitrogens is 3. The molecule has 5 nitrogen and oxygen atoms in total. The number of carbonyl (C=O) groups is 1. The number of carbonyl (C=O) groups excluding carboxylic acids is 1. The minimum atomic E-state index is -0.593. The van der Waals surface area contributed by atoms with Crippen LogP contribution in [-0.2, 0) is 11.3 Å². The van der Waals surface area contributed by atoms with Crippen LogP contribution in [0.5, 0.6) is 0 Å². The first kappa shape index (κ1) is 14.1. The van der Waals surface area contributed by atoms with Crippen LogP contribution in [0.15, 0.2) is 12.4 Å². The van der Waals surface area contributed by atoms with Crippen LogP contribution in [0.25, 0.3) is 5.65 Å². The molecule has 2 aromatic rings. The molecule has 0 aromatic carbocycles. The van der Waals surface area contributed by atoms with E-state index in [1.54, 1.807) is 23.7 Å². The van der Waals surface area contributed by atoms with Gasteiger partial charge in [0, 0.05) is 19.3 Å². The van der Waals surface area contributed by atoms with E-state index in [9.17, 15) is 9.18 Å². The standard InChI is InChI=1S/C10H11FN4O.C2H6/c1-6-14-9(11)8(5-13-7(2)16)10-12-3-4-15(6)10;1-2/h3-4H,5H2,1-2H3,(H,13,16);1-2H3. The van der Waals surface area contributed by atoms with E-state index in [1.807, 2.05) is 13.8 Å². The Bertz CT molecular complexity index is 550. The topological polar surface area (TPSA) is 59.3 Å². The highest BCUT2D eigenvalue weighted by molar-refractivity contribution is 5.73. The van der Waals surface area contributed by atoms with E-state index in [2.05, 4.69) is 15.3 Å². The molecular weight excluding hydrogens is 235 g/mol. The SMILES string of the molecule is CC.CC(=O)NCc1c(F)nc(C)n2ccnc12. The van der Waals surface area contributed by atoms with Gasteiger partial charge in [-0.3, -0.25) is 9.20 Å². The molecule has 0 saturated heterocycles. The van der Waals surface area contributed by atoms with Gasteiger partial charge in [-0.25, -0.2) is 9.97 Å². The number of nitrogens with zero attached hydrogens (tertiary/aromatic N) is 3. The second-order valence-corrected chi connectivity index (χ2v) is 3.46. The molecule has 0 saturated carbocycles. The summed E-state index contributed by atoms with van der Waals surface area (Å²) in [6.45, 7) is 7.16. The van der Waals surface area contributed by atoms with Crippen LogP contribution in [0.2, 0.25) is 0 Å². The first-order valence-corrected chi connectivity index (χ1v) is 5.82. The third-order valence-corrected chi connectivity index (χ3v) is 2.28. The maximum atomic E-state index is 13.6. The zero-order chi connectivity index (χ0) is 13.7. The van der Waals surface area contributed by atoms with Crippen LogP contribution < -0.4 is 5.32 Å². The number of amides is 1. The fourth-order valence-corrected chi connectivity index (χ4v) is 1.51. The van der Waals surface area contributed by atoms with Crippen LogP contribution in [0.1, 0.15) is 32.2 Å². The smallest absolute Gasteiger partial charge is 0.223 e. The van der Waals surface area contributed by atoms with E-state index in [4.69, 9.17) is 0 Å². The highest BCUT2D eigenvalue weighted by Gasteiger charge is 2.12. The normalized spacial score (nSPS) is 9.83. The number of rotatable bonds is 2. The number of hydrogen-bond donors (Lipinski definition) is 1. The van der Waals surface area contributed by atoms with Gasteiger partial charge in [-0.15, -0.1) is 0 Å². The fraction of sp³-hybridized carbons (Fsp3) is 0.417. The van der Waals surface area contributed by atoms with Crippen LogP contribution in [0, 0.1) is 12.9 Å². The van der Waals surface area contributed by atoms with E-state index in [-0.39, 0.29) is 12.5 Å². The van der Waals surface area contributed by atoms with E-state index in [1.165, 1.54) is 6.92 Å². The average Bonchev–Trinajstić information content (AvgIpc) is 2.80. The molecule has 0 bridgehead atoms. The maximum Gasteiger partial charge on any atom is 0.223 e. The molecule has 1 N–H and O–H groups in total. The minimum absolute atomic E-state index is 0.0922. The van der Waals surface area contributed by atoms with Gasteiger partial charge >= 0.3 is 0 Å². The largest absolute Gasteiger partial charge is 0.352 e. The number of aryl methyl sites for hydroxylation is 1. The lowest BCUT2D eigenvalue weighted by molar-refractivity contribution is -0.119. The zero-order valence-corrected chi connectivity index (χ0v) is 11.0. The molecule has 0 aliphatic rings. The van der Waals surface area contributed by atoms with Gasteiger partial charge in [0.05, 0.1) is 12.1 Å². The summed E-state index contributed by atoms with van der Waals surface area (Å²) in [4.78, 5) is 18.6. The summed E-state index contributed by atoms with van der Waals surface area (Å²) in [6.07, 6.45) is 3.27. The van der Waals surface area contributed by atoms with Gasteiger partial charge in [0.25, 0.3) is 0 Å². The van der Waals surface area contributed by atoms with Crippen molar-refractivity contribution in [1.82, 2.24) is 19.7 Å². The van der Waals surface area contributed by atoms with E-state index >= 15 is 0 Å². The molecule has 98 valence electrons. The Kier molecular flexibility index (Phi) is 4.76. The Balaban J connectivity index is 0.000000771. The van der Waals surface area contributed by atoms with E-state index in [0.717, 1.165) is 0 Å².